The Labute approximate surface area is 272 Å². The Hall–Kier alpha value is -5.13. The fraction of sp³-hybridized carbons (Fsp3) is 0.222. The van der Waals surface area contributed by atoms with Crippen LogP contribution < -0.4 is 0 Å². The highest BCUT2D eigenvalue weighted by Crippen LogP contribution is 2.48. The van der Waals surface area contributed by atoms with Crippen molar-refractivity contribution < 1.29 is 37.1 Å². The van der Waals surface area contributed by atoms with Gasteiger partial charge in [0.2, 0.25) is 5.78 Å². The lowest BCUT2D eigenvalue weighted by atomic mass is 9.96. The van der Waals surface area contributed by atoms with Crippen molar-refractivity contribution in [3.8, 4) is 0 Å². The summed E-state index contributed by atoms with van der Waals surface area (Å²) in [6, 6.07) is 24.9. The summed E-state index contributed by atoms with van der Waals surface area (Å²) < 4.78 is 39.4. The second-order valence-electron chi connectivity index (χ2n) is 11.2. The van der Waals surface area contributed by atoms with Crippen LogP contribution in [0.15, 0.2) is 108 Å². The fourth-order valence-electron chi connectivity index (χ4n) is 6.04. The molecule has 1 aromatic heterocycles. The number of ether oxygens (including phenoxy) is 2. The Kier molecular flexibility index (Phi) is 9.01. The maximum absolute atomic E-state index is 13.6. The van der Waals surface area contributed by atoms with Crippen LogP contribution in [0.25, 0.3) is 0 Å². The van der Waals surface area contributed by atoms with E-state index in [0.29, 0.717) is 12.1 Å². The van der Waals surface area contributed by atoms with Crippen molar-refractivity contribution in [1.82, 2.24) is 9.47 Å². The van der Waals surface area contributed by atoms with Crippen molar-refractivity contribution in [2.75, 3.05) is 19.0 Å². The first kappa shape index (κ1) is 31.8. The molecule has 0 N–H and O–H groups in total. The van der Waals surface area contributed by atoms with Crippen molar-refractivity contribution in [2.24, 2.45) is 0 Å². The summed E-state index contributed by atoms with van der Waals surface area (Å²) in [5, 5.41) is 0. The van der Waals surface area contributed by atoms with Crippen molar-refractivity contribution in [1.29, 1.82) is 0 Å². The van der Waals surface area contributed by atoms with Crippen LogP contribution in [0.2, 0.25) is 0 Å². The van der Waals surface area contributed by atoms with E-state index in [2.05, 4.69) is 0 Å². The molecule has 1 unspecified atom stereocenters. The number of carbonyl (C=O) groups excluding carboxylic acids is 4. The summed E-state index contributed by atoms with van der Waals surface area (Å²) in [6.45, 7) is 1.75. The van der Waals surface area contributed by atoms with Gasteiger partial charge in [-0.2, -0.15) is 0 Å². The van der Waals surface area contributed by atoms with Gasteiger partial charge in [-0.15, -0.1) is 0 Å². The molecule has 240 valence electrons. The summed E-state index contributed by atoms with van der Waals surface area (Å²) in [6.07, 6.45) is 2.23. The third-order valence-electron chi connectivity index (χ3n) is 8.28. The average Bonchev–Trinajstić information content (AvgIpc) is 3.63. The first-order chi connectivity index (χ1) is 22.7. The molecule has 0 radical (unpaired) electrons. The zero-order valence-corrected chi connectivity index (χ0v) is 26.4. The third kappa shape index (κ3) is 6.45. The molecule has 2 aliphatic rings. The molecular weight excluding hydrogens is 620 g/mol. The van der Waals surface area contributed by atoms with E-state index >= 15 is 0 Å². The molecular formula is C36H32N2O8S. The zero-order valence-electron chi connectivity index (χ0n) is 25.6. The Morgan fingerprint density at radius 1 is 0.787 bits per heavy atom. The summed E-state index contributed by atoms with van der Waals surface area (Å²) in [5.74, 6) is -2.82. The Bertz CT molecular complexity index is 1970. The second kappa shape index (κ2) is 13.3. The van der Waals surface area contributed by atoms with E-state index in [-0.39, 0.29) is 47.2 Å². The molecule has 4 aromatic rings. The molecule has 0 saturated carbocycles. The average molecular weight is 653 g/mol. The van der Waals surface area contributed by atoms with Gasteiger partial charge in [-0.05, 0) is 48.9 Å². The number of nitrogens with zero attached hydrogens (tertiary/aromatic N) is 2. The van der Waals surface area contributed by atoms with Crippen LogP contribution in [0.1, 0.15) is 65.8 Å². The van der Waals surface area contributed by atoms with Gasteiger partial charge in [0, 0.05) is 13.1 Å². The van der Waals surface area contributed by atoms with Crippen LogP contribution in [0.3, 0.4) is 0 Å². The van der Waals surface area contributed by atoms with E-state index in [9.17, 15) is 27.6 Å². The summed E-state index contributed by atoms with van der Waals surface area (Å²) in [7, 11) is -3.82. The predicted octanol–water partition coefficient (Wildman–Crippen LogP) is 4.86. The number of allylic oxidation sites excluding steroid dienone is 2. The highest BCUT2D eigenvalue weighted by Gasteiger charge is 2.54. The molecule has 3 atom stereocenters. The van der Waals surface area contributed by atoms with Crippen LogP contribution >= 0.6 is 0 Å². The fourth-order valence-corrected chi connectivity index (χ4v) is 7.27. The lowest BCUT2D eigenvalue weighted by molar-refractivity contribution is 0.0488. The Balaban J connectivity index is 1.45. The first-order valence-corrected chi connectivity index (χ1v) is 16.9. The van der Waals surface area contributed by atoms with Gasteiger partial charge in [0.05, 0.1) is 51.7 Å². The molecule has 6 rings (SSSR count). The minimum atomic E-state index is -3.82. The molecule has 0 bridgehead atoms. The van der Waals surface area contributed by atoms with E-state index < -0.39 is 51.2 Å². The van der Waals surface area contributed by atoms with Crippen LogP contribution in [-0.4, -0.2) is 66.4 Å². The van der Waals surface area contributed by atoms with Crippen LogP contribution in [0, 0.1) is 0 Å². The van der Waals surface area contributed by atoms with Crippen LogP contribution in [-0.2, 0) is 32.4 Å². The van der Waals surface area contributed by atoms with E-state index in [0.717, 1.165) is 17.7 Å². The molecule has 10 nitrogen and oxygen atoms in total. The van der Waals surface area contributed by atoms with E-state index in [1.807, 2.05) is 35.2 Å². The van der Waals surface area contributed by atoms with Gasteiger partial charge in [0.15, 0.2) is 15.6 Å². The summed E-state index contributed by atoms with van der Waals surface area (Å²) >= 11 is 0. The molecule has 1 aliphatic carbocycles. The largest absolute Gasteiger partial charge is 0.462 e. The molecule has 1 aliphatic heterocycles. The second-order valence-corrected chi connectivity index (χ2v) is 13.3. The molecule has 2 heterocycles. The standard InChI is InChI=1S/C36H32N2O8S/c1-2-45-36(42)31-30-28(39)18-19-29(40)33(30)37(20-21-47(43,44)26-16-10-5-11-17-26)34(31)32-27(38(32)22-24-12-6-3-7-13-24)23-46-35(41)25-14-8-4-9-15-25/h3-19,27,32H,2,20-23H2,1H3/t27-,32-,38?/m0/s1. The maximum atomic E-state index is 13.6. The van der Waals surface area contributed by atoms with Crippen molar-refractivity contribution in [3.63, 3.8) is 0 Å². The van der Waals surface area contributed by atoms with Gasteiger partial charge in [0.25, 0.3) is 0 Å². The molecule has 1 saturated heterocycles. The zero-order chi connectivity index (χ0) is 33.1. The monoisotopic (exact) mass is 652 g/mol. The van der Waals surface area contributed by atoms with Gasteiger partial charge in [0.1, 0.15) is 12.3 Å². The number of fused-ring (bicyclic) bond motifs is 1. The van der Waals surface area contributed by atoms with E-state index in [1.165, 1.54) is 16.7 Å². The topological polar surface area (TPSA) is 129 Å². The molecule has 0 spiro atoms. The van der Waals surface area contributed by atoms with Crippen molar-refractivity contribution >= 4 is 33.3 Å². The van der Waals surface area contributed by atoms with E-state index in [1.54, 1.807) is 55.5 Å². The minimum Gasteiger partial charge on any atom is -0.462 e. The van der Waals surface area contributed by atoms with Crippen molar-refractivity contribution in [2.45, 2.75) is 37.0 Å². The number of ketones is 2. The van der Waals surface area contributed by atoms with Gasteiger partial charge in [-0.1, -0.05) is 66.7 Å². The quantitative estimate of drug-likeness (QED) is 0.156. The lowest BCUT2D eigenvalue weighted by Crippen LogP contribution is -2.21. The summed E-state index contributed by atoms with van der Waals surface area (Å²) in [5.41, 5.74) is 1.33. The van der Waals surface area contributed by atoms with E-state index in [4.69, 9.17) is 9.47 Å². The van der Waals surface area contributed by atoms with Gasteiger partial charge < -0.3 is 14.0 Å². The molecule has 47 heavy (non-hydrogen) atoms. The number of aromatic nitrogens is 1. The number of esters is 2. The van der Waals surface area contributed by atoms with Gasteiger partial charge in [-0.25, -0.2) is 18.0 Å². The van der Waals surface area contributed by atoms with Crippen molar-refractivity contribution in [3.05, 3.63) is 137 Å². The first-order valence-electron chi connectivity index (χ1n) is 15.2. The Morgan fingerprint density at radius 2 is 1.40 bits per heavy atom. The highest BCUT2D eigenvalue weighted by molar-refractivity contribution is 7.91. The minimum absolute atomic E-state index is 0.00903. The number of benzene rings is 3. The molecule has 1 fully saturated rings. The Morgan fingerprint density at radius 3 is 2.06 bits per heavy atom. The molecule has 11 heteroatoms. The normalized spacial score (nSPS) is 18.4. The number of hydrogen-bond donors (Lipinski definition) is 0. The number of hydrogen-bond acceptors (Lipinski definition) is 9. The number of rotatable bonds is 12. The van der Waals surface area contributed by atoms with Crippen LogP contribution in [0.4, 0.5) is 0 Å². The predicted molar refractivity (Wildman–Crippen MR) is 172 cm³/mol. The van der Waals surface area contributed by atoms with Gasteiger partial charge >= 0.3 is 11.9 Å². The molecule has 0 amide bonds. The van der Waals surface area contributed by atoms with Crippen LogP contribution in [0.5, 0.6) is 0 Å². The highest BCUT2D eigenvalue weighted by atomic mass is 32.2. The SMILES string of the molecule is CCOC(=O)c1c2c(n(CCS(=O)(=O)c3ccccc3)c1[C@@H]1[C@H](COC(=O)c3ccccc3)N1Cc1ccccc1)C(=O)C=CC2=O. The number of sulfone groups is 1. The van der Waals surface area contributed by atoms with Gasteiger partial charge in [-0.3, -0.25) is 14.5 Å². The smallest absolute Gasteiger partial charge is 0.340 e. The maximum Gasteiger partial charge on any atom is 0.340 e. The molecule has 3 aromatic carbocycles. The lowest BCUT2D eigenvalue weighted by Gasteiger charge is -2.15. The summed E-state index contributed by atoms with van der Waals surface area (Å²) in [4.78, 5) is 55.4. The third-order valence-corrected chi connectivity index (χ3v) is 9.99. The number of carbonyl (C=O) groups is 4.